The lowest BCUT2D eigenvalue weighted by molar-refractivity contribution is 0.0601. The van der Waals surface area contributed by atoms with Crippen LogP contribution in [0.15, 0.2) is 41.9 Å². The Labute approximate surface area is 136 Å². The predicted molar refractivity (Wildman–Crippen MR) is 90.0 cm³/mol. The fraction of sp³-hybridized carbons (Fsp3) is 0.133. The Kier molecular flexibility index (Phi) is 5.24. The van der Waals surface area contributed by atoms with E-state index in [1.165, 1.54) is 24.7 Å². The number of aliphatic imine (C=N–C) groups is 1. The summed E-state index contributed by atoms with van der Waals surface area (Å²) in [6.07, 6.45) is 3.13. The quantitative estimate of drug-likeness (QED) is 0.392. The van der Waals surface area contributed by atoms with E-state index in [2.05, 4.69) is 11.6 Å². The van der Waals surface area contributed by atoms with Crippen LogP contribution in [0, 0.1) is 3.95 Å². The molecule has 0 spiro atoms. The van der Waals surface area contributed by atoms with Gasteiger partial charge < -0.3 is 9.84 Å². The van der Waals surface area contributed by atoms with Crippen molar-refractivity contribution in [2.24, 2.45) is 4.99 Å². The molecule has 7 heteroatoms. The fourth-order valence-corrected chi connectivity index (χ4v) is 2.98. The minimum atomic E-state index is -0.464. The van der Waals surface area contributed by atoms with Crippen LogP contribution >= 0.6 is 23.6 Å². The number of hydrogen-bond acceptors (Lipinski definition) is 6. The van der Waals surface area contributed by atoms with Crippen LogP contribution in [-0.2, 0) is 11.3 Å². The van der Waals surface area contributed by atoms with Gasteiger partial charge >= 0.3 is 5.97 Å². The van der Waals surface area contributed by atoms with Crippen LogP contribution in [0.2, 0.25) is 0 Å². The zero-order valence-electron chi connectivity index (χ0n) is 11.9. The second-order valence-electron chi connectivity index (χ2n) is 4.22. The number of aromatic nitrogens is 1. The van der Waals surface area contributed by atoms with Crippen molar-refractivity contribution in [1.29, 1.82) is 0 Å². The average Bonchev–Trinajstić information content (AvgIpc) is 2.80. The highest BCUT2D eigenvalue weighted by Crippen LogP contribution is 2.26. The molecule has 0 saturated heterocycles. The van der Waals surface area contributed by atoms with Gasteiger partial charge in [-0.2, -0.15) is 0 Å². The smallest absolute Gasteiger partial charge is 0.340 e. The van der Waals surface area contributed by atoms with Crippen LogP contribution < -0.4 is 0 Å². The van der Waals surface area contributed by atoms with Gasteiger partial charge in [0, 0.05) is 6.54 Å². The highest BCUT2D eigenvalue weighted by atomic mass is 32.1. The molecular formula is C15H14N2O3S2. The summed E-state index contributed by atoms with van der Waals surface area (Å²) in [4.78, 5) is 16.5. The second kappa shape index (κ2) is 7.15. The van der Waals surface area contributed by atoms with Gasteiger partial charge in [0.2, 0.25) is 5.88 Å². The highest BCUT2D eigenvalue weighted by Gasteiger charge is 2.12. The van der Waals surface area contributed by atoms with Gasteiger partial charge in [-0.1, -0.05) is 29.5 Å². The van der Waals surface area contributed by atoms with Crippen LogP contribution in [0.1, 0.15) is 15.2 Å². The molecule has 1 aromatic heterocycles. The molecule has 5 nitrogen and oxygen atoms in total. The van der Waals surface area contributed by atoms with Gasteiger partial charge in [0.15, 0.2) is 3.95 Å². The summed E-state index contributed by atoms with van der Waals surface area (Å²) in [6, 6.07) is 6.82. The minimum absolute atomic E-state index is 0.0363. The van der Waals surface area contributed by atoms with Gasteiger partial charge in [0.05, 0.1) is 24.6 Å². The van der Waals surface area contributed by atoms with E-state index in [9.17, 15) is 9.90 Å². The zero-order valence-corrected chi connectivity index (χ0v) is 13.5. The molecule has 22 heavy (non-hydrogen) atoms. The first-order chi connectivity index (χ1) is 10.6. The topological polar surface area (TPSA) is 63.8 Å². The van der Waals surface area contributed by atoms with Crippen molar-refractivity contribution >= 4 is 41.4 Å². The molecule has 0 amide bonds. The lowest BCUT2D eigenvalue weighted by Crippen LogP contribution is -2.01. The summed E-state index contributed by atoms with van der Waals surface area (Å²) in [5.41, 5.74) is 0.818. The van der Waals surface area contributed by atoms with Crippen molar-refractivity contribution in [3.8, 4) is 5.88 Å². The van der Waals surface area contributed by atoms with E-state index >= 15 is 0 Å². The maximum absolute atomic E-state index is 11.7. The summed E-state index contributed by atoms with van der Waals surface area (Å²) < 4.78 is 6.80. The van der Waals surface area contributed by atoms with E-state index in [0.29, 0.717) is 26.6 Å². The molecule has 0 fully saturated rings. The van der Waals surface area contributed by atoms with E-state index in [1.54, 1.807) is 34.9 Å². The first-order valence-electron chi connectivity index (χ1n) is 6.33. The minimum Gasteiger partial charge on any atom is -0.493 e. The van der Waals surface area contributed by atoms with Gasteiger partial charge in [-0.15, -0.1) is 6.58 Å². The Morgan fingerprint density at radius 1 is 1.55 bits per heavy atom. The molecule has 0 bridgehead atoms. The van der Waals surface area contributed by atoms with Crippen LogP contribution in [0.5, 0.6) is 5.88 Å². The summed E-state index contributed by atoms with van der Waals surface area (Å²) in [6.45, 7) is 4.05. The first kappa shape index (κ1) is 16.1. The largest absolute Gasteiger partial charge is 0.493 e. The number of nitrogens with zero attached hydrogens (tertiary/aromatic N) is 2. The van der Waals surface area contributed by atoms with Gasteiger partial charge in [-0.05, 0) is 24.4 Å². The Bertz CT molecular complexity index is 790. The molecule has 0 radical (unpaired) electrons. The van der Waals surface area contributed by atoms with E-state index in [1.807, 2.05) is 0 Å². The van der Waals surface area contributed by atoms with Crippen molar-refractivity contribution in [1.82, 2.24) is 4.57 Å². The molecule has 0 aliphatic heterocycles. The molecule has 2 rings (SSSR count). The summed E-state index contributed by atoms with van der Waals surface area (Å²) in [5, 5.41) is 10.1. The van der Waals surface area contributed by atoms with E-state index < -0.39 is 5.97 Å². The molecule has 0 aliphatic rings. The Balaban J connectivity index is 2.38. The molecule has 0 saturated carbocycles. The second-order valence-corrected chi connectivity index (χ2v) is 5.90. The number of hydrogen-bond donors (Lipinski definition) is 1. The monoisotopic (exact) mass is 334 g/mol. The zero-order chi connectivity index (χ0) is 16.1. The molecule has 1 N–H and O–H groups in total. The lowest BCUT2D eigenvalue weighted by Gasteiger charge is -2.02. The van der Waals surface area contributed by atoms with Crippen LogP contribution in [0.25, 0.3) is 0 Å². The van der Waals surface area contributed by atoms with Gasteiger partial charge in [0.25, 0.3) is 0 Å². The molecule has 1 heterocycles. The van der Waals surface area contributed by atoms with Crippen molar-refractivity contribution in [2.45, 2.75) is 6.54 Å². The molecule has 0 atom stereocenters. The molecule has 0 unspecified atom stereocenters. The summed E-state index contributed by atoms with van der Waals surface area (Å²) >= 11 is 6.42. The predicted octanol–water partition coefficient (Wildman–Crippen LogP) is 3.71. The van der Waals surface area contributed by atoms with Crippen molar-refractivity contribution in [3.05, 3.63) is 51.3 Å². The summed E-state index contributed by atoms with van der Waals surface area (Å²) in [7, 11) is 1.32. The van der Waals surface area contributed by atoms with E-state index in [0.717, 1.165) is 0 Å². The number of ether oxygens (including phenoxy) is 1. The van der Waals surface area contributed by atoms with Crippen molar-refractivity contribution in [3.63, 3.8) is 0 Å². The number of carbonyl (C=O) groups is 1. The van der Waals surface area contributed by atoms with Gasteiger partial charge in [-0.25, -0.2) is 4.79 Å². The van der Waals surface area contributed by atoms with Crippen LogP contribution in [-0.4, -0.2) is 29.0 Å². The fourth-order valence-electron chi connectivity index (χ4n) is 1.79. The standard InChI is InChI=1S/C15H14N2O3S2/c1-3-8-17-13(18)12(22-15(17)21)9-16-11-7-5-4-6-10(11)14(19)20-2/h3-7,9,18H,1,8H2,2H3. The normalized spacial score (nSPS) is 10.8. The van der Waals surface area contributed by atoms with E-state index in [4.69, 9.17) is 17.0 Å². The third-order valence-electron chi connectivity index (χ3n) is 2.84. The number of allylic oxidation sites excluding steroid dienone is 1. The molecule has 114 valence electrons. The number of para-hydroxylation sites is 1. The van der Waals surface area contributed by atoms with Gasteiger partial charge in [-0.3, -0.25) is 9.56 Å². The van der Waals surface area contributed by atoms with Gasteiger partial charge in [0.1, 0.15) is 4.88 Å². The van der Waals surface area contributed by atoms with Crippen LogP contribution in [0.3, 0.4) is 0 Å². The number of aromatic hydroxyl groups is 1. The molecular weight excluding hydrogens is 320 g/mol. The third-order valence-corrected chi connectivity index (χ3v) is 4.21. The number of benzene rings is 1. The van der Waals surface area contributed by atoms with Crippen molar-refractivity contribution in [2.75, 3.05) is 7.11 Å². The maximum Gasteiger partial charge on any atom is 0.340 e. The number of thiazole rings is 1. The number of rotatable bonds is 5. The highest BCUT2D eigenvalue weighted by molar-refractivity contribution is 7.73. The average molecular weight is 334 g/mol. The van der Waals surface area contributed by atoms with E-state index in [-0.39, 0.29) is 5.88 Å². The Morgan fingerprint density at radius 2 is 2.27 bits per heavy atom. The SMILES string of the molecule is C=CCn1c(O)c(C=Nc2ccccc2C(=O)OC)sc1=S. The summed E-state index contributed by atoms with van der Waals surface area (Å²) in [5.74, 6) is -0.428. The molecule has 0 aliphatic carbocycles. The number of carbonyl (C=O) groups excluding carboxylic acids is 1. The van der Waals surface area contributed by atoms with Crippen molar-refractivity contribution < 1.29 is 14.6 Å². The Hall–Kier alpha value is -2.25. The number of methoxy groups -OCH3 is 1. The maximum atomic E-state index is 11.7. The Morgan fingerprint density at radius 3 is 2.95 bits per heavy atom. The molecule has 1 aromatic carbocycles. The first-order valence-corrected chi connectivity index (χ1v) is 7.55. The molecule has 2 aromatic rings. The third kappa shape index (κ3) is 3.32. The van der Waals surface area contributed by atoms with Crippen LogP contribution in [0.4, 0.5) is 5.69 Å². The lowest BCUT2D eigenvalue weighted by atomic mass is 10.2. The number of esters is 1.